The molecule has 3 aromatic heterocycles. The third-order valence-corrected chi connectivity index (χ3v) is 5.43. The smallest absolute Gasteiger partial charge is 0.277 e. The van der Waals surface area contributed by atoms with Gasteiger partial charge in [0.15, 0.2) is 0 Å². The zero-order chi connectivity index (χ0) is 21.4. The second kappa shape index (κ2) is 7.69. The van der Waals surface area contributed by atoms with Crippen LogP contribution in [0.15, 0.2) is 36.2 Å². The fraction of sp³-hybridized carbons (Fsp3) is 0.400. The number of nitrogens with zero attached hydrogens (tertiary/aromatic N) is 6. The molecule has 10 heteroatoms. The number of carbonyl (C=O) groups excluding carboxylic acids is 1. The molecule has 10 nitrogen and oxygen atoms in total. The van der Waals surface area contributed by atoms with E-state index >= 15 is 0 Å². The number of fused-ring (bicyclic) bond motifs is 1. The highest BCUT2D eigenvalue weighted by Crippen LogP contribution is 2.30. The Morgan fingerprint density at radius 1 is 1.33 bits per heavy atom. The Morgan fingerprint density at radius 3 is 2.87 bits per heavy atom. The number of pyridine rings is 1. The Kier molecular flexibility index (Phi) is 5.06. The maximum Gasteiger partial charge on any atom is 0.277 e. The quantitative estimate of drug-likeness (QED) is 0.640. The summed E-state index contributed by atoms with van der Waals surface area (Å²) in [4.78, 5) is 31.6. The van der Waals surface area contributed by atoms with Crippen LogP contribution in [-0.4, -0.2) is 54.9 Å². The van der Waals surface area contributed by atoms with Gasteiger partial charge in [0.1, 0.15) is 16.7 Å². The Labute approximate surface area is 173 Å². The van der Waals surface area contributed by atoms with Gasteiger partial charge in [-0.3, -0.25) is 14.3 Å². The molecule has 1 amide bonds. The minimum absolute atomic E-state index is 0.118. The molecule has 0 saturated carbocycles. The molecule has 1 N–H and O–H groups in total. The summed E-state index contributed by atoms with van der Waals surface area (Å²) >= 11 is 0. The van der Waals surface area contributed by atoms with Crippen LogP contribution in [0.4, 0.5) is 11.4 Å². The molecule has 3 aromatic rings. The molecule has 0 aromatic carbocycles. The van der Waals surface area contributed by atoms with Gasteiger partial charge < -0.3 is 24.1 Å². The highest BCUT2D eigenvalue weighted by atomic mass is 16.5. The van der Waals surface area contributed by atoms with Crippen molar-refractivity contribution in [2.24, 2.45) is 14.1 Å². The number of imidazole rings is 1. The van der Waals surface area contributed by atoms with Crippen molar-refractivity contribution in [1.82, 2.24) is 28.8 Å². The number of anilines is 2. The first kappa shape index (κ1) is 19.7. The number of hydrogen-bond acceptors (Lipinski definition) is 6. The Bertz CT molecular complexity index is 1170. The monoisotopic (exact) mass is 411 g/mol. The lowest BCUT2D eigenvalue weighted by atomic mass is 10.0. The number of rotatable bonds is 5. The van der Waals surface area contributed by atoms with Crippen molar-refractivity contribution in [3.8, 4) is 5.88 Å². The van der Waals surface area contributed by atoms with Gasteiger partial charge in [-0.15, -0.1) is 5.10 Å². The predicted molar refractivity (Wildman–Crippen MR) is 113 cm³/mol. The normalized spacial score (nSPS) is 16.6. The molecule has 1 aliphatic heterocycles. The SMILES string of the molecule is C=CC(=O)N1CCCC(n2cc(Nc3cn(C)nc3OC)c3ncn(C)c3c2=O)C1. The standard InChI is InChI=1S/C20H25N7O3/c1-5-16(28)26-8-6-7-13(9-26)27-11-14(17-18(20(27)29)24(2)12-21-17)22-15-10-25(3)23-19(15)30-4/h5,10-13,22H,1,6-9H2,2-4H3. The number of nitrogens with one attached hydrogen (secondary N) is 1. The summed E-state index contributed by atoms with van der Waals surface area (Å²) in [7, 11) is 5.15. The molecule has 0 spiro atoms. The average Bonchev–Trinajstić information content (AvgIpc) is 3.31. The van der Waals surface area contributed by atoms with E-state index in [1.807, 2.05) is 0 Å². The number of aromatic nitrogens is 5. The third-order valence-electron chi connectivity index (χ3n) is 5.43. The van der Waals surface area contributed by atoms with Crippen molar-refractivity contribution in [3.63, 3.8) is 0 Å². The van der Waals surface area contributed by atoms with Gasteiger partial charge in [0.25, 0.3) is 11.4 Å². The van der Waals surface area contributed by atoms with Crippen LogP contribution < -0.4 is 15.6 Å². The van der Waals surface area contributed by atoms with Crippen LogP contribution >= 0.6 is 0 Å². The second-order valence-electron chi connectivity index (χ2n) is 7.44. The Morgan fingerprint density at radius 2 is 2.13 bits per heavy atom. The molecule has 1 atom stereocenters. The van der Waals surface area contributed by atoms with Crippen LogP contribution in [0.3, 0.4) is 0 Å². The van der Waals surface area contributed by atoms with Gasteiger partial charge in [-0.1, -0.05) is 6.58 Å². The maximum atomic E-state index is 13.3. The summed E-state index contributed by atoms with van der Waals surface area (Å²) in [5, 5.41) is 7.58. The number of amides is 1. The molecule has 1 aliphatic rings. The van der Waals surface area contributed by atoms with Crippen LogP contribution in [0.2, 0.25) is 0 Å². The van der Waals surface area contributed by atoms with Crippen LogP contribution in [0, 0.1) is 0 Å². The number of methoxy groups -OCH3 is 1. The van der Waals surface area contributed by atoms with Crippen molar-refractivity contribution < 1.29 is 9.53 Å². The lowest BCUT2D eigenvalue weighted by Crippen LogP contribution is -2.42. The molecule has 0 radical (unpaired) electrons. The summed E-state index contributed by atoms with van der Waals surface area (Å²) in [6.45, 7) is 4.71. The highest BCUT2D eigenvalue weighted by Gasteiger charge is 2.26. The van der Waals surface area contributed by atoms with Crippen molar-refractivity contribution in [3.05, 3.63) is 41.7 Å². The van der Waals surface area contributed by atoms with Crippen LogP contribution in [-0.2, 0) is 18.9 Å². The second-order valence-corrected chi connectivity index (χ2v) is 7.44. The molecule has 4 heterocycles. The van der Waals surface area contributed by atoms with E-state index in [0.717, 1.165) is 12.8 Å². The van der Waals surface area contributed by atoms with Gasteiger partial charge in [-0.2, -0.15) is 0 Å². The maximum absolute atomic E-state index is 13.3. The fourth-order valence-corrected chi connectivity index (χ4v) is 3.98. The summed E-state index contributed by atoms with van der Waals surface area (Å²) in [5.41, 5.74) is 2.27. The summed E-state index contributed by atoms with van der Waals surface area (Å²) in [5.74, 6) is 0.326. The molecule has 0 bridgehead atoms. The van der Waals surface area contributed by atoms with Gasteiger partial charge >= 0.3 is 0 Å². The van der Waals surface area contributed by atoms with Crippen molar-refractivity contribution in [2.75, 3.05) is 25.5 Å². The molecule has 1 fully saturated rings. The van der Waals surface area contributed by atoms with E-state index in [4.69, 9.17) is 4.74 Å². The Hall–Kier alpha value is -3.56. The van der Waals surface area contributed by atoms with Crippen LogP contribution in [0.5, 0.6) is 5.88 Å². The lowest BCUT2D eigenvalue weighted by Gasteiger charge is -2.33. The number of ether oxygens (including phenoxy) is 1. The topological polar surface area (TPSA) is 99.2 Å². The number of aryl methyl sites for hydroxylation is 2. The van der Waals surface area contributed by atoms with Gasteiger partial charge in [0, 0.05) is 33.4 Å². The molecule has 30 heavy (non-hydrogen) atoms. The largest absolute Gasteiger partial charge is 0.478 e. The average molecular weight is 411 g/mol. The van der Waals surface area contributed by atoms with Crippen molar-refractivity contribution >= 4 is 28.3 Å². The first-order valence-corrected chi connectivity index (χ1v) is 9.75. The van der Waals surface area contributed by atoms with Crippen LogP contribution in [0.25, 0.3) is 11.0 Å². The van der Waals surface area contributed by atoms with Crippen molar-refractivity contribution in [2.45, 2.75) is 18.9 Å². The summed E-state index contributed by atoms with van der Waals surface area (Å²) in [6, 6.07) is -0.134. The fourth-order valence-electron chi connectivity index (χ4n) is 3.98. The van der Waals surface area contributed by atoms with Gasteiger partial charge in [-0.05, 0) is 18.9 Å². The van der Waals surface area contributed by atoms with E-state index < -0.39 is 0 Å². The zero-order valence-corrected chi connectivity index (χ0v) is 17.3. The minimum atomic E-state index is -0.134. The molecule has 0 aliphatic carbocycles. The summed E-state index contributed by atoms with van der Waals surface area (Å²) in [6.07, 6.45) is 8.14. The first-order valence-electron chi connectivity index (χ1n) is 9.75. The molecule has 158 valence electrons. The minimum Gasteiger partial charge on any atom is -0.478 e. The van der Waals surface area contributed by atoms with Gasteiger partial charge in [-0.25, -0.2) is 4.98 Å². The molecule has 4 rings (SSSR count). The highest BCUT2D eigenvalue weighted by molar-refractivity contribution is 5.90. The zero-order valence-electron chi connectivity index (χ0n) is 17.3. The van der Waals surface area contributed by atoms with E-state index in [1.165, 1.54) is 6.08 Å². The van der Waals surface area contributed by atoms with Crippen LogP contribution in [0.1, 0.15) is 18.9 Å². The third kappa shape index (κ3) is 3.34. The number of hydrogen-bond donors (Lipinski definition) is 1. The Balaban J connectivity index is 1.80. The molecular weight excluding hydrogens is 386 g/mol. The number of carbonyl (C=O) groups is 1. The van der Waals surface area contributed by atoms with E-state index in [0.29, 0.717) is 41.4 Å². The van der Waals surface area contributed by atoms with E-state index in [-0.39, 0.29) is 17.5 Å². The van der Waals surface area contributed by atoms with E-state index in [1.54, 1.807) is 58.6 Å². The number of likely N-dealkylation sites (tertiary alicyclic amines) is 1. The van der Waals surface area contributed by atoms with Gasteiger partial charge in [0.2, 0.25) is 5.91 Å². The first-order chi connectivity index (χ1) is 14.4. The summed E-state index contributed by atoms with van der Waals surface area (Å²) < 4.78 is 10.4. The lowest BCUT2D eigenvalue weighted by molar-refractivity contribution is -0.127. The number of piperidine rings is 1. The predicted octanol–water partition coefficient (Wildman–Crippen LogP) is 1.57. The van der Waals surface area contributed by atoms with E-state index in [2.05, 4.69) is 22.0 Å². The molecule has 1 unspecified atom stereocenters. The van der Waals surface area contributed by atoms with Crippen molar-refractivity contribution in [1.29, 1.82) is 0 Å². The van der Waals surface area contributed by atoms with E-state index in [9.17, 15) is 9.59 Å². The molecular formula is C20H25N7O3. The van der Waals surface area contributed by atoms with Gasteiger partial charge in [0.05, 0.1) is 31.4 Å². The molecule has 1 saturated heterocycles.